The second-order valence-corrected chi connectivity index (χ2v) is 4.25. The average Bonchev–Trinajstić information content (AvgIpc) is 3.00. The molecule has 0 saturated heterocycles. The number of amides is 1. The third-order valence-corrected chi connectivity index (χ3v) is 2.68. The molecule has 0 aromatic heterocycles. The van der Waals surface area contributed by atoms with Crippen molar-refractivity contribution in [2.24, 2.45) is 0 Å². The minimum absolute atomic E-state index is 0.287. The Kier molecular flexibility index (Phi) is 4.55. The van der Waals surface area contributed by atoms with Gasteiger partial charge in [-0.1, -0.05) is 6.08 Å². The average molecular weight is 287 g/mol. The number of hydrogen-bond donors (Lipinski definition) is 3. The number of rotatable bonds is 3. The Bertz CT molecular complexity index is 614. The number of thiocarbonyl (C=S) groups is 1. The van der Waals surface area contributed by atoms with Gasteiger partial charge in [0.05, 0.1) is 12.7 Å². The summed E-state index contributed by atoms with van der Waals surface area (Å²) in [4.78, 5) is 11.6. The summed E-state index contributed by atoms with van der Waals surface area (Å²) in [6.07, 6.45) is 5.07. The smallest absolute Gasteiger partial charge is 0.277 e. The molecule has 0 aliphatic heterocycles. The van der Waals surface area contributed by atoms with E-state index in [0.29, 0.717) is 5.57 Å². The van der Waals surface area contributed by atoms with E-state index in [-0.39, 0.29) is 11.0 Å². The summed E-state index contributed by atoms with van der Waals surface area (Å²) in [6, 6.07) is 7.25. The molecule has 1 aliphatic carbocycles. The molecule has 5 nitrogen and oxygen atoms in total. The fourth-order valence-corrected chi connectivity index (χ4v) is 1.66. The molecule has 1 aromatic carbocycles. The van der Waals surface area contributed by atoms with Crippen LogP contribution in [0.4, 0.5) is 5.69 Å². The summed E-state index contributed by atoms with van der Waals surface area (Å²) in [5.74, 6) is 0.461. The van der Waals surface area contributed by atoms with Gasteiger partial charge in [0.2, 0.25) is 0 Å². The highest BCUT2D eigenvalue weighted by Crippen LogP contribution is 2.14. The molecule has 0 radical (unpaired) electrons. The van der Waals surface area contributed by atoms with Gasteiger partial charge < -0.3 is 10.1 Å². The van der Waals surface area contributed by atoms with E-state index in [9.17, 15) is 4.79 Å². The second-order valence-electron chi connectivity index (χ2n) is 3.85. The topological polar surface area (TPSA) is 62.4 Å². The van der Waals surface area contributed by atoms with Crippen molar-refractivity contribution in [3.05, 3.63) is 53.8 Å². The Morgan fingerprint density at radius 2 is 2.00 bits per heavy atom. The first-order valence-corrected chi connectivity index (χ1v) is 6.24. The van der Waals surface area contributed by atoms with Crippen molar-refractivity contribution in [3.8, 4) is 5.75 Å². The van der Waals surface area contributed by atoms with Crippen molar-refractivity contribution in [3.63, 3.8) is 0 Å². The van der Waals surface area contributed by atoms with E-state index in [2.05, 4.69) is 21.9 Å². The first-order chi connectivity index (χ1) is 9.69. The Hall–Kier alpha value is -2.56. The van der Waals surface area contributed by atoms with Gasteiger partial charge in [0, 0.05) is 5.69 Å². The Labute approximate surface area is 122 Å². The molecule has 102 valence electrons. The van der Waals surface area contributed by atoms with Crippen LogP contribution in [0.15, 0.2) is 53.8 Å². The van der Waals surface area contributed by atoms with Gasteiger partial charge in [-0.2, -0.15) is 0 Å². The van der Waals surface area contributed by atoms with E-state index >= 15 is 0 Å². The summed E-state index contributed by atoms with van der Waals surface area (Å²) in [5, 5.41) is 3.22. The maximum atomic E-state index is 11.6. The molecule has 0 saturated carbocycles. The second kappa shape index (κ2) is 6.56. The number of allylic oxidation sites excluding steroid dienone is 1. The van der Waals surface area contributed by atoms with Gasteiger partial charge in [-0.3, -0.25) is 15.6 Å². The molecule has 0 heterocycles. The molecule has 1 aliphatic rings. The molecule has 1 amide bonds. The first kappa shape index (κ1) is 13.9. The number of anilines is 1. The SMILES string of the molecule is COc1ccc(NC(=S)NNC(=O)C2=C=CC=C2)cc1. The molecule has 0 fully saturated rings. The number of ether oxygens (including phenoxy) is 1. The predicted molar refractivity (Wildman–Crippen MR) is 81.2 cm³/mol. The van der Waals surface area contributed by atoms with Crippen LogP contribution in [0.3, 0.4) is 0 Å². The van der Waals surface area contributed by atoms with Gasteiger partial charge in [-0.25, -0.2) is 0 Å². The van der Waals surface area contributed by atoms with Gasteiger partial charge in [0.25, 0.3) is 5.91 Å². The monoisotopic (exact) mass is 287 g/mol. The van der Waals surface area contributed by atoms with Crippen molar-refractivity contribution in [2.45, 2.75) is 0 Å². The molecular formula is C14H13N3O2S. The highest BCUT2D eigenvalue weighted by Gasteiger charge is 2.07. The highest BCUT2D eigenvalue weighted by molar-refractivity contribution is 7.80. The minimum Gasteiger partial charge on any atom is -0.497 e. The number of hydrogen-bond acceptors (Lipinski definition) is 3. The number of nitrogens with one attached hydrogen (secondary N) is 3. The summed E-state index contributed by atoms with van der Waals surface area (Å²) in [5.41, 5.74) is 9.13. The van der Waals surface area contributed by atoms with E-state index in [0.717, 1.165) is 11.4 Å². The predicted octanol–water partition coefficient (Wildman–Crippen LogP) is 1.66. The normalized spacial score (nSPS) is 11.8. The van der Waals surface area contributed by atoms with Crippen LogP contribution in [0.1, 0.15) is 0 Å². The van der Waals surface area contributed by atoms with Crippen LogP contribution < -0.4 is 20.9 Å². The molecule has 1 aromatic rings. The van der Waals surface area contributed by atoms with Crippen molar-refractivity contribution in [1.82, 2.24) is 10.9 Å². The quantitative estimate of drug-likeness (QED) is 0.448. The summed E-state index contributed by atoms with van der Waals surface area (Å²) < 4.78 is 5.06. The van der Waals surface area contributed by atoms with Gasteiger partial charge in [0.15, 0.2) is 5.11 Å². The fourth-order valence-electron chi connectivity index (χ4n) is 1.49. The first-order valence-electron chi connectivity index (χ1n) is 5.84. The number of methoxy groups -OCH3 is 1. The van der Waals surface area contributed by atoms with E-state index < -0.39 is 0 Å². The highest BCUT2D eigenvalue weighted by atomic mass is 32.1. The molecule has 20 heavy (non-hydrogen) atoms. The molecule has 0 atom stereocenters. The van der Waals surface area contributed by atoms with E-state index in [1.807, 2.05) is 24.3 Å². The third-order valence-electron chi connectivity index (χ3n) is 2.48. The standard InChI is InChI=1S/C14H13N3O2S/c1-19-12-8-6-11(7-9-12)15-14(20)17-16-13(18)10-4-2-3-5-10/h2-4,6-9H,1H3,(H,16,18)(H2,15,17,20). The summed E-state index contributed by atoms with van der Waals surface area (Å²) in [6.45, 7) is 0. The van der Waals surface area contributed by atoms with Crippen molar-refractivity contribution >= 4 is 28.9 Å². The van der Waals surface area contributed by atoms with Gasteiger partial charge in [-0.05, 0) is 48.6 Å². The zero-order valence-corrected chi connectivity index (χ0v) is 11.6. The number of benzene rings is 1. The molecule has 0 unspecified atom stereocenters. The molecule has 0 spiro atoms. The molecule has 3 N–H and O–H groups in total. The van der Waals surface area contributed by atoms with Crippen molar-refractivity contribution < 1.29 is 9.53 Å². The van der Waals surface area contributed by atoms with Gasteiger partial charge in [-0.15, -0.1) is 5.73 Å². The van der Waals surface area contributed by atoms with Crippen LogP contribution >= 0.6 is 12.2 Å². The van der Waals surface area contributed by atoms with Gasteiger partial charge >= 0.3 is 0 Å². The third kappa shape index (κ3) is 3.71. The molecule has 2 rings (SSSR count). The lowest BCUT2D eigenvalue weighted by molar-refractivity contribution is -0.117. The summed E-state index contributed by atoms with van der Waals surface area (Å²) >= 11 is 5.07. The van der Waals surface area contributed by atoms with Gasteiger partial charge in [0.1, 0.15) is 5.75 Å². The zero-order valence-electron chi connectivity index (χ0n) is 10.8. The molecule has 6 heteroatoms. The van der Waals surface area contributed by atoms with Crippen LogP contribution in [-0.4, -0.2) is 18.1 Å². The van der Waals surface area contributed by atoms with Crippen LogP contribution in [0.25, 0.3) is 0 Å². The zero-order chi connectivity index (χ0) is 14.4. The van der Waals surface area contributed by atoms with Crippen molar-refractivity contribution in [1.29, 1.82) is 0 Å². The summed E-state index contributed by atoms with van der Waals surface area (Å²) in [7, 11) is 1.60. The molecule has 0 bridgehead atoms. The lowest BCUT2D eigenvalue weighted by Crippen LogP contribution is -2.44. The van der Waals surface area contributed by atoms with E-state index in [1.165, 1.54) is 0 Å². The van der Waals surface area contributed by atoms with Crippen LogP contribution in [0, 0.1) is 0 Å². The van der Waals surface area contributed by atoms with Crippen LogP contribution in [0.5, 0.6) is 5.75 Å². The largest absolute Gasteiger partial charge is 0.497 e. The number of carbonyl (C=O) groups is 1. The van der Waals surface area contributed by atoms with E-state index in [4.69, 9.17) is 17.0 Å². The Morgan fingerprint density at radius 1 is 1.25 bits per heavy atom. The fraction of sp³-hybridized carbons (Fsp3) is 0.0714. The van der Waals surface area contributed by atoms with Crippen molar-refractivity contribution in [2.75, 3.05) is 12.4 Å². The maximum Gasteiger partial charge on any atom is 0.277 e. The van der Waals surface area contributed by atoms with E-state index in [1.54, 1.807) is 25.3 Å². The number of hydrazine groups is 1. The number of carbonyl (C=O) groups excluding carboxylic acids is 1. The molecular weight excluding hydrogens is 274 g/mol. The lowest BCUT2D eigenvalue weighted by Gasteiger charge is -2.11. The van der Waals surface area contributed by atoms with Crippen LogP contribution in [0.2, 0.25) is 0 Å². The lowest BCUT2D eigenvalue weighted by atomic mass is 10.3. The Balaban J connectivity index is 1.81. The van der Waals surface area contributed by atoms with Crippen LogP contribution in [-0.2, 0) is 4.79 Å². The maximum absolute atomic E-state index is 11.6. The minimum atomic E-state index is -0.297. The Morgan fingerprint density at radius 3 is 2.60 bits per heavy atom.